The fraction of sp³-hybridized carbons (Fsp3) is 0.556. The summed E-state index contributed by atoms with van der Waals surface area (Å²) >= 11 is 0. The maximum absolute atomic E-state index is 5.38. The molecule has 5 heteroatoms. The third-order valence-corrected chi connectivity index (χ3v) is 4.64. The van der Waals surface area contributed by atoms with E-state index in [1.54, 1.807) is 7.11 Å². The molecule has 0 aliphatic carbocycles. The van der Waals surface area contributed by atoms with Crippen LogP contribution in [0, 0.1) is 0 Å². The van der Waals surface area contributed by atoms with Gasteiger partial charge in [0.2, 0.25) is 5.89 Å². The van der Waals surface area contributed by atoms with Crippen LogP contribution >= 0.6 is 0 Å². The molecule has 3 rings (SSSR count). The van der Waals surface area contributed by atoms with Crippen LogP contribution in [0.1, 0.15) is 37.0 Å². The van der Waals surface area contributed by atoms with Gasteiger partial charge in [-0.2, -0.15) is 4.98 Å². The number of benzene rings is 1. The zero-order valence-electron chi connectivity index (χ0n) is 14.0. The molecule has 2 heterocycles. The summed E-state index contributed by atoms with van der Waals surface area (Å²) in [5, 5.41) is 4.02. The molecule has 1 atom stereocenters. The fourth-order valence-electron chi connectivity index (χ4n) is 3.40. The van der Waals surface area contributed by atoms with Gasteiger partial charge >= 0.3 is 0 Å². The maximum Gasteiger partial charge on any atom is 0.240 e. The van der Waals surface area contributed by atoms with Gasteiger partial charge in [-0.15, -0.1) is 0 Å². The van der Waals surface area contributed by atoms with Crippen LogP contribution in [0.4, 0.5) is 0 Å². The first-order valence-corrected chi connectivity index (χ1v) is 8.28. The molecule has 0 spiro atoms. The molecule has 124 valence electrons. The highest BCUT2D eigenvalue weighted by Gasteiger charge is 2.33. The molecule has 1 saturated heterocycles. The highest BCUT2D eigenvalue weighted by atomic mass is 16.5. The first kappa shape index (κ1) is 16.1. The van der Waals surface area contributed by atoms with Crippen molar-refractivity contribution in [3.05, 3.63) is 47.6 Å². The summed E-state index contributed by atoms with van der Waals surface area (Å²) in [6.45, 7) is 5.80. The summed E-state index contributed by atoms with van der Waals surface area (Å²) in [4.78, 5) is 6.88. The number of hydrogen-bond donors (Lipinski definition) is 0. The molecule has 0 bridgehead atoms. The number of hydrogen-bond acceptors (Lipinski definition) is 5. The van der Waals surface area contributed by atoms with Gasteiger partial charge in [-0.25, -0.2) is 0 Å². The Labute approximate surface area is 137 Å². The molecule has 1 aromatic heterocycles. The molecular weight excluding hydrogens is 290 g/mol. The average Bonchev–Trinajstić information content (AvgIpc) is 3.01. The van der Waals surface area contributed by atoms with Crippen LogP contribution in [-0.4, -0.2) is 41.8 Å². The van der Waals surface area contributed by atoms with Crippen LogP contribution in [0.15, 0.2) is 34.9 Å². The van der Waals surface area contributed by atoms with Crippen molar-refractivity contribution in [3.63, 3.8) is 0 Å². The fourth-order valence-corrected chi connectivity index (χ4v) is 3.40. The zero-order valence-corrected chi connectivity index (χ0v) is 14.0. The Balaban J connectivity index is 1.63. The van der Waals surface area contributed by atoms with Crippen LogP contribution in [-0.2, 0) is 23.1 Å². The lowest BCUT2D eigenvalue weighted by molar-refractivity contribution is 0.135. The molecular formula is C18H25N3O2. The van der Waals surface area contributed by atoms with Crippen LogP contribution in [0.5, 0.6) is 0 Å². The maximum atomic E-state index is 5.38. The SMILES string of the molecule is COCCc1noc(CN2CCCC(C)(c3ccccc3)C2)n1. The average molecular weight is 315 g/mol. The summed E-state index contributed by atoms with van der Waals surface area (Å²) in [5.74, 6) is 1.43. The van der Waals surface area contributed by atoms with E-state index in [9.17, 15) is 0 Å². The van der Waals surface area contributed by atoms with E-state index >= 15 is 0 Å². The van der Waals surface area contributed by atoms with Crippen molar-refractivity contribution in [2.24, 2.45) is 0 Å². The molecule has 5 nitrogen and oxygen atoms in total. The van der Waals surface area contributed by atoms with E-state index in [0.29, 0.717) is 18.9 Å². The Kier molecular flexibility index (Phi) is 5.08. The van der Waals surface area contributed by atoms with Crippen molar-refractivity contribution in [2.45, 2.75) is 38.1 Å². The second-order valence-corrected chi connectivity index (χ2v) is 6.59. The summed E-state index contributed by atoms with van der Waals surface area (Å²) in [6, 6.07) is 10.8. The minimum Gasteiger partial charge on any atom is -0.384 e. The van der Waals surface area contributed by atoms with Crippen LogP contribution in [0.25, 0.3) is 0 Å². The zero-order chi connectivity index (χ0) is 16.1. The van der Waals surface area contributed by atoms with Gasteiger partial charge in [0.15, 0.2) is 5.82 Å². The van der Waals surface area contributed by atoms with Gasteiger partial charge in [0, 0.05) is 25.5 Å². The number of aromatic nitrogens is 2. The summed E-state index contributed by atoms with van der Waals surface area (Å²) in [7, 11) is 1.68. The highest BCUT2D eigenvalue weighted by molar-refractivity contribution is 5.25. The van der Waals surface area contributed by atoms with E-state index in [1.807, 2.05) is 0 Å². The standard InChI is InChI=1S/C18H25N3O2/c1-18(15-7-4-3-5-8-15)10-6-11-21(14-18)13-17-19-16(20-23-17)9-12-22-2/h3-5,7-8H,6,9-14H2,1-2H3. The van der Waals surface area contributed by atoms with E-state index in [4.69, 9.17) is 9.26 Å². The highest BCUT2D eigenvalue weighted by Crippen LogP contribution is 2.33. The van der Waals surface area contributed by atoms with Gasteiger partial charge in [0.1, 0.15) is 0 Å². The molecule has 0 amide bonds. The van der Waals surface area contributed by atoms with Crippen molar-refractivity contribution >= 4 is 0 Å². The molecule has 1 aliphatic heterocycles. The first-order chi connectivity index (χ1) is 11.2. The lowest BCUT2D eigenvalue weighted by Gasteiger charge is -2.40. The third kappa shape index (κ3) is 3.98. The second kappa shape index (κ2) is 7.23. The predicted octanol–water partition coefficient (Wildman–Crippen LogP) is 2.81. The van der Waals surface area contributed by atoms with Gasteiger partial charge in [0.05, 0.1) is 13.2 Å². The van der Waals surface area contributed by atoms with Crippen molar-refractivity contribution in [3.8, 4) is 0 Å². The summed E-state index contributed by atoms with van der Waals surface area (Å²) in [6.07, 6.45) is 3.11. The molecule has 1 fully saturated rings. The van der Waals surface area contributed by atoms with Gasteiger partial charge < -0.3 is 9.26 Å². The third-order valence-electron chi connectivity index (χ3n) is 4.64. The first-order valence-electron chi connectivity index (χ1n) is 8.28. The smallest absolute Gasteiger partial charge is 0.240 e. The number of nitrogens with zero attached hydrogens (tertiary/aromatic N) is 3. The second-order valence-electron chi connectivity index (χ2n) is 6.59. The van der Waals surface area contributed by atoms with Gasteiger partial charge in [-0.1, -0.05) is 42.4 Å². The number of methoxy groups -OCH3 is 1. The molecule has 1 aromatic carbocycles. The number of piperidine rings is 1. The Morgan fingerprint density at radius 3 is 2.91 bits per heavy atom. The normalized spacial score (nSPS) is 22.3. The van der Waals surface area contributed by atoms with Gasteiger partial charge in [-0.05, 0) is 24.9 Å². The Morgan fingerprint density at radius 2 is 2.13 bits per heavy atom. The number of rotatable bonds is 6. The van der Waals surface area contributed by atoms with Gasteiger partial charge in [0.25, 0.3) is 0 Å². The van der Waals surface area contributed by atoms with Crippen LogP contribution in [0.3, 0.4) is 0 Å². The molecule has 1 aliphatic rings. The molecule has 0 saturated carbocycles. The van der Waals surface area contributed by atoms with Gasteiger partial charge in [-0.3, -0.25) is 4.90 Å². The van der Waals surface area contributed by atoms with E-state index < -0.39 is 0 Å². The minimum atomic E-state index is 0.193. The van der Waals surface area contributed by atoms with E-state index in [0.717, 1.165) is 25.5 Å². The largest absolute Gasteiger partial charge is 0.384 e. The Hall–Kier alpha value is -1.72. The molecule has 0 radical (unpaired) electrons. The Morgan fingerprint density at radius 1 is 1.30 bits per heavy atom. The molecule has 23 heavy (non-hydrogen) atoms. The lowest BCUT2D eigenvalue weighted by atomic mass is 9.76. The van der Waals surface area contributed by atoms with E-state index in [1.165, 1.54) is 18.4 Å². The monoisotopic (exact) mass is 315 g/mol. The van der Waals surface area contributed by atoms with E-state index in [2.05, 4.69) is 52.3 Å². The summed E-state index contributed by atoms with van der Waals surface area (Å²) in [5.41, 5.74) is 1.61. The molecule has 2 aromatic rings. The minimum absolute atomic E-state index is 0.193. The van der Waals surface area contributed by atoms with Crippen LogP contribution < -0.4 is 0 Å². The number of ether oxygens (including phenoxy) is 1. The van der Waals surface area contributed by atoms with Crippen molar-refractivity contribution in [2.75, 3.05) is 26.8 Å². The topological polar surface area (TPSA) is 51.4 Å². The van der Waals surface area contributed by atoms with Crippen molar-refractivity contribution in [1.82, 2.24) is 15.0 Å². The van der Waals surface area contributed by atoms with E-state index in [-0.39, 0.29) is 5.41 Å². The number of likely N-dealkylation sites (tertiary alicyclic amines) is 1. The van der Waals surface area contributed by atoms with Crippen molar-refractivity contribution in [1.29, 1.82) is 0 Å². The summed E-state index contributed by atoms with van der Waals surface area (Å²) < 4.78 is 10.4. The van der Waals surface area contributed by atoms with Crippen molar-refractivity contribution < 1.29 is 9.26 Å². The van der Waals surface area contributed by atoms with Crippen LogP contribution in [0.2, 0.25) is 0 Å². The predicted molar refractivity (Wildman–Crippen MR) is 88.2 cm³/mol. The molecule has 0 N–H and O–H groups in total. The lowest BCUT2D eigenvalue weighted by Crippen LogP contribution is -2.43. The quantitative estimate of drug-likeness (QED) is 0.820. The molecule has 1 unspecified atom stereocenters. The Bertz CT molecular complexity index is 614.